The second kappa shape index (κ2) is 16.4. The van der Waals surface area contributed by atoms with Crippen molar-refractivity contribution in [1.82, 2.24) is 0 Å². The molecule has 0 spiro atoms. The fourth-order valence-corrected chi connectivity index (χ4v) is 5.70. The molecule has 4 rings (SSSR count). The topological polar surface area (TPSA) is 46.5 Å². The molecular weight excluding hydrogens is 580 g/mol. The van der Waals surface area contributed by atoms with Crippen LogP contribution in [-0.2, 0) is 6.42 Å². The molecule has 3 aromatic carbocycles. The fraction of sp³-hybridized carbons (Fsp3) is 0.343. The molecule has 3 aromatic rings. The van der Waals surface area contributed by atoms with Gasteiger partial charge in [-0.15, -0.1) is 13.2 Å². The van der Waals surface area contributed by atoms with Gasteiger partial charge in [0.05, 0.1) is 11.7 Å². The summed E-state index contributed by atoms with van der Waals surface area (Å²) in [4.78, 5) is 11.5. The number of hydrogen-bond acceptors (Lipinski definition) is 3. The van der Waals surface area contributed by atoms with Crippen molar-refractivity contribution in [1.29, 1.82) is 0 Å². The first-order valence-corrected chi connectivity index (χ1v) is 14.8. The monoisotopic (exact) mass is 616 g/mol. The fourth-order valence-electron chi connectivity index (χ4n) is 5.42. The molecule has 0 saturated heterocycles. The molecule has 0 aromatic heterocycles. The van der Waals surface area contributed by atoms with Gasteiger partial charge in [-0.1, -0.05) is 79.1 Å². The summed E-state index contributed by atoms with van der Waals surface area (Å²) in [7, 11) is 1.00. The first kappa shape index (κ1) is 34.1. The zero-order valence-corrected chi connectivity index (χ0v) is 25.2. The van der Waals surface area contributed by atoms with Gasteiger partial charge in [-0.25, -0.2) is 0 Å². The highest BCUT2D eigenvalue weighted by Crippen LogP contribution is 2.46. The SMILES string of the molecule is CC/C(=C/c1ccc(C2=C(c3c(Cl)cccc3OC(F)(F)F)CCCc3cc(C=O)ccc32)cc1)CCCCCF.CO. The van der Waals surface area contributed by atoms with Crippen LogP contribution in [0.1, 0.15) is 90.0 Å². The molecule has 230 valence electrons. The van der Waals surface area contributed by atoms with E-state index >= 15 is 0 Å². The van der Waals surface area contributed by atoms with Gasteiger partial charge in [-0.3, -0.25) is 9.18 Å². The largest absolute Gasteiger partial charge is 0.573 e. The Morgan fingerprint density at radius 3 is 2.35 bits per heavy atom. The van der Waals surface area contributed by atoms with Crippen LogP contribution in [0, 0.1) is 0 Å². The van der Waals surface area contributed by atoms with Crippen molar-refractivity contribution in [2.75, 3.05) is 13.8 Å². The maximum absolute atomic E-state index is 13.4. The Bertz CT molecular complexity index is 1430. The highest BCUT2D eigenvalue weighted by Gasteiger charge is 2.34. The van der Waals surface area contributed by atoms with Crippen molar-refractivity contribution in [3.05, 3.63) is 105 Å². The van der Waals surface area contributed by atoms with E-state index in [1.807, 2.05) is 36.4 Å². The number of benzene rings is 3. The van der Waals surface area contributed by atoms with Gasteiger partial charge in [0.25, 0.3) is 0 Å². The molecular formula is C35H37ClF4O3. The van der Waals surface area contributed by atoms with Gasteiger partial charge >= 0.3 is 6.36 Å². The zero-order chi connectivity index (χ0) is 31.4. The molecule has 0 saturated carbocycles. The lowest BCUT2D eigenvalue weighted by Crippen LogP contribution is -2.18. The van der Waals surface area contributed by atoms with E-state index in [-0.39, 0.29) is 23.0 Å². The third-order valence-electron chi connectivity index (χ3n) is 7.37. The summed E-state index contributed by atoms with van der Waals surface area (Å²) in [6.45, 7) is 1.81. The standard InChI is InChI=1S/C34H33ClF4O2.CH4O/c1-2-23(8-4-3-5-19-36)20-24-13-16-26(17-14-24)32-28-18-15-25(22-40)21-27(28)9-6-10-29(32)33-30(35)11-7-12-31(33)41-34(37,38)39;1-2/h7,11-18,20-22H,2-6,8-10,19H2,1H3;2H,1H3/b23-20-;. The summed E-state index contributed by atoms with van der Waals surface area (Å²) < 4.78 is 57.1. The number of aliphatic hydroxyl groups excluding tert-OH is 1. The first-order valence-electron chi connectivity index (χ1n) is 14.4. The Morgan fingerprint density at radius 1 is 0.977 bits per heavy atom. The van der Waals surface area contributed by atoms with Crippen molar-refractivity contribution in [2.24, 2.45) is 0 Å². The lowest BCUT2D eigenvalue weighted by molar-refractivity contribution is -0.274. The number of carbonyl (C=O) groups excluding carboxylic acids is 1. The summed E-state index contributed by atoms with van der Waals surface area (Å²) in [6.07, 6.45) is 4.05. The van der Waals surface area contributed by atoms with E-state index in [1.54, 1.807) is 12.1 Å². The molecule has 0 aliphatic heterocycles. The number of ether oxygens (including phenoxy) is 1. The van der Waals surface area contributed by atoms with E-state index in [4.69, 9.17) is 16.7 Å². The molecule has 3 nitrogen and oxygen atoms in total. The van der Waals surface area contributed by atoms with E-state index in [0.29, 0.717) is 36.8 Å². The average Bonchev–Trinajstić information content (AvgIpc) is 3.18. The van der Waals surface area contributed by atoms with Crippen LogP contribution >= 0.6 is 11.6 Å². The Morgan fingerprint density at radius 2 is 1.70 bits per heavy atom. The minimum atomic E-state index is -4.88. The molecule has 1 aliphatic rings. The number of hydrogen-bond donors (Lipinski definition) is 1. The van der Waals surface area contributed by atoms with Gasteiger partial charge < -0.3 is 9.84 Å². The van der Waals surface area contributed by atoms with E-state index in [9.17, 15) is 22.4 Å². The highest BCUT2D eigenvalue weighted by atomic mass is 35.5. The molecule has 0 fully saturated rings. The molecule has 0 heterocycles. The normalized spacial score (nSPS) is 13.5. The molecule has 0 radical (unpaired) electrons. The van der Waals surface area contributed by atoms with Crippen LogP contribution in [0.4, 0.5) is 17.6 Å². The Kier molecular flexibility index (Phi) is 13.0. The van der Waals surface area contributed by atoms with Gasteiger partial charge in [0.15, 0.2) is 0 Å². The molecule has 0 unspecified atom stereocenters. The summed E-state index contributed by atoms with van der Waals surface area (Å²) in [5, 5.41) is 7.17. The van der Waals surface area contributed by atoms with Crippen molar-refractivity contribution in [2.45, 2.75) is 64.7 Å². The number of fused-ring (bicyclic) bond motifs is 1. The van der Waals surface area contributed by atoms with Gasteiger partial charge in [0, 0.05) is 18.2 Å². The lowest BCUT2D eigenvalue weighted by Gasteiger charge is -2.21. The van der Waals surface area contributed by atoms with Gasteiger partial charge in [-0.2, -0.15) is 0 Å². The number of rotatable bonds is 11. The number of aliphatic hydroxyl groups is 1. The van der Waals surface area contributed by atoms with Gasteiger partial charge in [0.1, 0.15) is 12.0 Å². The molecule has 0 bridgehead atoms. The summed E-state index contributed by atoms with van der Waals surface area (Å²) in [5.74, 6) is -0.342. The van der Waals surface area contributed by atoms with Crippen molar-refractivity contribution in [3.8, 4) is 5.75 Å². The maximum Gasteiger partial charge on any atom is 0.573 e. The predicted octanol–water partition coefficient (Wildman–Crippen LogP) is 10.3. The third-order valence-corrected chi connectivity index (χ3v) is 7.68. The van der Waals surface area contributed by atoms with Crippen LogP contribution in [-0.4, -0.2) is 31.5 Å². The molecule has 43 heavy (non-hydrogen) atoms. The molecule has 0 amide bonds. The number of halogens is 5. The van der Waals surface area contributed by atoms with Gasteiger partial charge in [-0.05, 0) is 96.5 Å². The van der Waals surface area contributed by atoms with E-state index in [2.05, 4.69) is 17.7 Å². The van der Waals surface area contributed by atoms with E-state index in [1.165, 1.54) is 17.7 Å². The minimum absolute atomic E-state index is 0.173. The smallest absolute Gasteiger partial charge is 0.405 e. The molecule has 1 aliphatic carbocycles. The Labute approximate surface area is 255 Å². The molecule has 8 heteroatoms. The molecule has 1 N–H and O–H groups in total. The predicted molar refractivity (Wildman–Crippen MR) is 166 cm³/mol. The van der Waals surface area contributed by atoms with Crippen LogP contribution < -0.4 is 4.74 Å². The quantitative estimate of drug-likeness (QED) is 0.132. The summed E-state index contributed by atoms with van der Waals surface area (Å²) >= 11 is 6.58. The van der Waals surface area contributed by atoms with Crippen LogP contribution in [0.5, 0.6) is 5.75 Å². The number of unbranched alkanes of at least 4 members (excludes halogenated alkanes) is 2. The van der Waals surface area contributed by atoms with Crippen LogP contribution in [0.25, 0.3) is 17.2 Å². The van der Waals surface area contributed by atoms with Crippen molar-refractivity contribution in [3.63, 3.8) is 0 Å². The second-order valence-corrected chi connectivity index (χ2v) is 10.6. The first-order chi connectivity index (χ1) is 20.7. The minimum Gasteiger partial charge on any atom is -0.405 e. The van der Waals surface area contributed by atoms with Crippen LogP contribution in [0.3, 0.4) is 0 Å². The number of aldehydes is 1. The summed E-state index contributed by atoms with van der Waals surface area (Å²) in [5.41, 5.74) is 7.14. The van der Waals surface area contributed by atoms with Crippen LogP contribution in [0.15, 0.2) is 66.2 Å². The van der Waals surface area contributed by atoms with E-state index < -0.39 is 6.36 Å². The van der Waals surface area contributed by atoms with Crippen LogP contribution in [0.2, 0.25) is 5.02 Å². The average molecular weight is 617 g/mol. The van der Waals surface area contributed by atoms with Crippen molar-refractivity contribution < 1.29 is 32.2 Å². The van der Waals surface area contributed by atoms with Gasteiger partial charge in [0.2, 0.25) is 0 Å². The second-order valence-electron chi connectivity index (χ2n) is 10.2. The Hall–Kier alpha value is -3.42. The summed E-state index contributed by atoms with van der Waals surface area (Å²) in [6, 6.07) is 17.7. The number of alkyl halides is 4. The molecule has 0 atom stereocenters. The number of aryl methyl sites for hydroxylation is 1. The van der Waals surface area contributed by atoms with Crippen molar-refractivity contribution >= 4 is 35.1 Å². The number of allylic oxidation sites excluding steroid dienone is 2. The number of carbonyl (C=O) groups is 1. The van der Waals surface area contributed by atoms with E-state index in [0.717, 1.165) is 66.9 Å². The highest BCUT2D eigenvalue weighted by molar-refractivity contribution is 6.33. The lowest BCUT2D eigenvalue weighted by atomic mass is 9.86. The Balaban J connectivity index is 0.00000248. The third kappa shape index (κ3) is 9.28. The zero-order valence-electron chi connectivity index (χ0n) is 24.4. The maximum atomic E-state index is 13.4.